The van der Waals surface area contributed by atoms with E-state index in [0.717, 1.165) is 11.1 Å². The van der Waals surface area contributed by atoms with Crippen molar-refractivity contribution in [1.29, 1.82) is 0 Å². The van der Waals surface area contributed by atoms with Crippen LogP contribution in [0.4, 0.5) is 0 Å². The molecule has 0 saturated heterocycles. The van der Waals surface area contributed by atoms with Gasteiger partial charge in [0.05, 0.1) is 13.1 Å². The van der Waals surface area contributed by atoms with Gasteiger partial charge in [0.25, 0.3) is 5.24 Å². The number of benzene rings is 1. The molecule has 6 heteroatoms. The maximum Gasteiger partial charge on any atom is 0.252 e. The third-order valence-corrected chi connectivity index (χ3v) is 3.31. The van der Waals surface area contributed by atoms with Crippen LogP contribution in [0, 0.1) is 0 Å². The first-order chi connectivity index (χ1) is 10.2. The summed E-state index contributed by atoms with van der Waals surface area (Å²) < 4.78 is 3.60. The molecule has 0 aliphatic heterocycles. The van der Waals surface area contributed by atoms with Gasteiger partial charge in [0.1, 0.15) is 0 Å². The van der Waals surface area contributed by atoms with Gasteiger partial charge in [0.15, 0.2) is 0 Å². The molecule has 3 aromatic rings. The maximum absolute atomic E-state index is 11.5. The zero-order chi connectivity index (χ0) is 14.7. The normalized spacial score (nSPS) is 10.7. The third kappa shape index (κ3) is 3.38. The van der Waals surface area contributed by atoms with Gasteiger partial charge in [-0.1, -0.05) is 6.07 Å². The molecule has 106 valence electrons. The lowest BCUT2D eigenvalue weighted by molar-refractivity contribution is 0.108. The third-order valence-electron chi connectivity index (χ3n) is 3.09. The van der Waals surface area contributed by atoms with Crippen molar-refractivity contribution in [3.05, 3.63) is 71.8 Å². The molecule has 0 aliphatic rings. The van der Waals surface area contributed by atoms with Gasteiger partial charge in [0.2, 0.25) is 0 Å². The Bertz CT molecular complexity index is 681. The average molecular weight is 301 g/mol. The van der Waals surface area contributed by atoms with Crippen LogP contribution >= 0.6 is 11.6 Å². The van der Waals surface area contributed by atoms with Crippen LogP contribution in [0.15, 0.2) is 55.1 Å². The molecule has 0 aliphatic carbocycles. The fourth-order valence-corrected chi connectivity index (χ4v) is 2.33. The van der Waals surface area contributed by atoms with Crippen molar-refractivity contribution in [1.82, 2.24) is 19.6 Å². The van der Waals surface area contributed by atoms with Crippen LogP contribution in [-0.4, -0.2) is 24.8 Å². The summed E-state index contributed by atoms with van der Waals surface area (Å²) in [5.41, 5.74) is 2.45. The number of aromatic nitrogens is 4. The van der Waals surface area contributed by atoms with Crippen LogP contribution in [0.1, 0.15) is 21.5 Å². The summed E-state index contributed by atoms with van der Waals surface area (Å²) in [5, 5.41) is 7.89. The second kappa shape index (κ2) is 5.93. The summed E-state index contributed by atoms with van der Waals surface area (Å²) in [4.78, 5) is 11.5. The van der Waals surface area contributed by atoms with E-state index in [1.165, 1.54) is 0 Å². The van der Waals surface area contributed by atoms with Crippen LogP contribution < -0.4 is 0 Å². The van der Waals surface area contributed by atoms with Gasteiger partial charge in [-0.05, 0) is 47.0 Å². The first-order valence-electron chi connectivity index (χ1n) is 6.48. The number of rotatable bonds is 5. The molecule has 0 fully saturated rings. The van der Waals surface area contributed by atoms with E-state index in [1.807, 2.05) is 30.6 Å². The monoisotopic (exact) mass is 300 g/mol. The molecule has 0 atom stereocenters. The van der Waals surface area contributed by atoms with E-state index >= 15 is 0 Å². The summed E-state index contributed by atoms with van der Waals surface area (Å²) in [6.07, 6.45) is 7.20. The molecular weight excluding hydrogens is 288 g/mol. The van der Waals surface area contributed by atoms with E-state index in [1.54, 1.807) is 33.9 Å². The van der Waals surface area contributed by atoms with Crippen molar-refractivity contribution in [3.63, 3.8) is 0 Å². The fraction of sp³-hybridized carbons (Fsp3) is 0.133. The number of hydrogen-bond donors (Lipinski definition) is 0. The minimum atomic E-state index is -0.459. The number of hydrogen-bond acceptors (Lipinski definition) is 3. The second-order valence-corrected chi connectivity index (χ2v) is 5.06. The summed E-state index contributed by atoms with van der Waals surface area (Å²) in [6, 6.07) is 9.35. The average Bonchev–Trinajstić information content (AvgIpc) is 3.12. The summed E-state index contributed by atoms with van der Waals surface area (Å²) in [5.74, 6) is 0. The number of nitrogens with zero attached hydrogens (tertiary/aromatic N) is 4. The predicted octanol–water partition coefficient (Wildman–Crippen LogP) is 2.56. The van der Waals surface area contributed by atoms with E-state index in [0.29, 0.717) is 18.7 Å². The molecule has 0 N–H and O–H groups in total. The second-order valence-electron chi connectivity index (χ2n) is 4.72. The zero-order valence-corrected chi connectivity index (χ0v) is 11.9. The largest absolute Gasteiger partial charge is 0.276 e. The minimum Gasteiger partial charge on any atom is -0.276 e. The molecule has 1 aromatic carbocycles. The van der Waals surface area contributed by atoms with E-state index in [9.17, 15) is 4.79 Å². The Labute approximate surface area is 126 Å². The first-order valence-corrected chi connectivity index (χ1v) is 6.86. The smallest absolute Gasteiger partial charge is 0.252 e. The predicted molar refractivity (Wildman–Crippen MR) is 79.3 cm³/mol. The van der Waals surface area contributed by atoms with Crippen LogP contribution in [0.3, 0.4) is 0 Å². The first kappa shape index (κ1) is 13.6. The quantitative estimate of drug-likeness (QED) is 0.681. The summed E-state index contributed by atoms with van der Waals surface area (Å²) in [7, 11) is 0. The molecule has 3 rings (SSSR count). The van der Waals surface area contributed by atoms with Gasteiger partial charge < -0.3 is 0 Å². The molecule has 0 bridgehead atoms. The van der Waals surface area contributed by atoms with Crippen LogP contribution in [-0.2, 0) is 13.1 Å². The molecule has 5 nitrogen and oxygen atoms in total. The highest BCUT2D eigenvalue weighted by Gasteiger charge is 2.08. The van der Waals surface area contributed by atoms with Crippen molar-refractivity contribution in [2.75, 3.05) is 0 Å². The van der Waals surface area contributed by atoms with Gasteiger partial charge in [-0.15, -0.1) is 0 Å². The lowest BCUT2D eigenvalue weighted by Gasteiger charge is -2.09. The number of carbonyl (C=O) groups excluding carboxylic acids is 1. The Hall–Kier alpha value is -2.40. The Morgan fingerprint density at radius 3 is 1.86 bits per heavy atom. The van der Waals surface area contributed by atoms with E-state index in [2.05, 4.69) is 10.2 Å². The molecular formula is C15H13ClN4O. The van der Waals surface area contributed by atoms with Crippen LogP contribution in [0.25, 0.3) is 0 Å². The van der Waals surface area contributed by atoms with E-state index < -0.39 is 5.24 Å². The molecule has 21 heavy (non-hydrogen) atoms. The molecule has 0 unspecified atom stereocenters. The maximum atomic E-state index is 11.5. The van der Waals surface area contributed by atoms with E-state index in [4.69, 9.17) is 11.6 Å². The molecule has 0 radical (unpaired) electrons. The van der Waals surface area contributed by atoms with Gasteiger partial charge in [-0.25, -0.2) is 0 Å². The van der Waals surface area contributed by atoms with E-state index in [-0.39, 0.29) is 0 Å². The van der Waals surface area contributed by atoms with Crippen molar-refractivity contribution < 1.29 is 4.79 Å². The standard InChI is InChI=1S/C15H13ClN4O/c16-15(21)14-8-12(10-19-5-1-3-17-19)7-13(9-14)11-20-6-2-4-18-20/h1-9H,10-11H2. The Morgan fingerprint density at radius 2 is 1.48 bits per heavy atom. The Kier molecular flexibility index (Phi) is 3.83. The van der Waals surface area contributed by atoms with Crippen LogP contribution in [0.5, 0.6) is 0 Å². The number of halogens is 1. The zero-order valence-electron chi connectivity index (χ0n) is 11.2. The fourth-order valence-electron chi connectivity index (χ4n) is 2.22. The number of carbonyl (C=O) groups is 1. The highest BCUT2D eigenvalue weighted by molar-refractivity contribution is 6.67. The SMILES string of the molecule is O=C(Cl)c1cc(Cn2cccn2)cc(Cn2cccn2)c1. The highest BCUT2D eigenvalue weighted by atomic mass is 35.5. The van der Waals surface area contributed by atoms with Crippen LogP contribution in [0.2, 0.25) is 0 Å². The van der Waals surface area contributed by atoms with Crippen molar-refractivity contribution in [3.8, 4) is 0 Å². The van der Waals surface area contributed by atoms with Crippen molar-refractivity contribution >= 4 is 16.8 Å². The molecule has 0 saturated carbocycles. The van der Waals surface area contributed by atoms with Gasteiger partial charge in [-0.3, -0.25) is 14.2 Å². The Morgan fingerprint density at radius 1 is 0.952 bits per heavy atom. The minimum absolute atomic E-state index is 0.459. The molecule has 2 heterocycles. The molecule has 2 aromatic heterocycles. The lowest BCUT2D eigenvalue weighted by Crippen LogP contribution is -2.05. The summed E-state index contributed by atoms with van der Waals surface area (Å²) in [6.45, 7) is 1.19. The molecule has 0 amide bonds. The lowest BCUT2D eigenvalue weighted by atomic mass is 10.1. The topological polar surface area (TPSA) is 52.7 Å². The van der Waals surface area contributed by atoms with Crippen molar-refractivity contribution in [2.45, 2.75) is 13.1 Å². The van der Waals surface area contributed by atoms with Gasteiger partial charge in [-0.2, -0.15) is 10.2 Å². The van der Waals surface area contributed by atoms with Crippen molar-refractivity contribution in [2.24, 2.45) is 0 Å². The van der Waals surface area contributed by atoms with Gasteiger partial charge in [0, 0.05) is 30.4 Å². The highest BCUT2D eigenvalue weighted by Crippen LogP contribution is 2.15. The molecule has 0 spiro atoms. The Balaban J connectivity index is 1.91. The van der Waals surface area contributed by atoms with Gasteiger partial charge >= 0.3 is 0 Å². The summed E-state index contributed by atoms with van der Waals surface area (Å²) >= 11 is 5.63.